The van der Waals surface area contributed by atoms with Crippen LogP contribution in [0, 0.1) is 12.7 Å². The molecule has 0 saturated carbocycles. The third kappa shape index (κ3) is 4.49. The van der Waals surface area contributed by atoms with Gasteiger partial charge in [-0.05, 0) is 43.7 Å². The molecule has 0 aliphatic rings. The third-order valence-electron chi connectivity index (χ3n) is 4.73. The van der Waals surface area contributed by atoms with Crippen molar-refractivity contribution >= 4 is 17.5 Å². The smallest absolute Gasteiger partial charge is 0.256 e. The molecule has 0 aliphatic heterocycles. The van der Waals surface area contributed by atoms with Gasteiger partial charge >= 0.3 is 0 Å². The maximum absolute atomic E-state index is 13.1. The Balaban J connectivity index is 1.49. The van der Waals surface area contributed by atoms with Crippen molar-refractivity contribution < 1.29 is 13.7 Å². The standard InChI is InChI=1S/C22H19ClFN5O2/c1-13-18(19(23)29(27-13)12-15-6-4-3-5-7-15)21(30)25-14(2)22-26-20(28-31-22)16-8-10-17(24)11-9-16/h3-11,14H,12H2,1-2H3,(H,25,30). The molecule has 2 heterocycles. The second-order valence-electron chi connectivity index (χ2n) is 7.05. The summed E-state index contributed by atoms with van der Waals surface area (Å²) in [6, 6.07) is 14.9. The van der Waals surface area contributed by atoms with Crippen LogP contribution in [0.15, 0.2) is 59.1 Å². The van der Waals surface area contributed by atoms with Crippen LogP contribution in [-0.4, -0.2) is 25.8 Å². The van der Waals surface area contributed by atoms with Crippen molar-refractivity contribution in [2.75, 3.05) is 0 Å². The van der Waals surface area contributed by atoms with E-state index >= 15 is 0 Å². The van der Waals surface area contributed by atoms with E-state index in [1.807, 2.05) is 30.3 Å². The van der Waals surface area contributed by atoms with Crippen LogP contribution in [-0.2, 0) is 6.54 Å². The molecule has 158 valence electrons. The zero-order valence-electron chi connectivity index (χ0n) is 16.8. The van der Waals surface area contributed by atoms with Crippen LogP contribution >= 0.6 is 11.6 Å². The molecule has 0 aliphatic carbocycles. The average molecular weight is 440 g/mol. The summed E-state index contributed by atoms with van der Waals surface area (Å²) in [5.41, 5.74) is 2.44. The normalized spacial score (nSPS) is 12.0. The minimum Gasteiger partial charge on any atom is -0.340 e. The number of rotatable bonds is 6. The van der Waals surface area contributed by atoms with Crippen LogP contribution in [0.4, 0.5) is 4.39 Å². The summed E-state index contributed by atoms with van der Waals surface area (Å²) in [6.07, 6.45) is 0. The minimum absolute atomic E-state index is 0.220. The van der Waals surface area contributed by atoms with E-state index in [0.29, 0.717) is 29.2 Å². The number of amides is 1. The van der Waals surface area contributed by atoms with E-state index in [1.165, 1.54) is 12.1 Å². The van der Waals surface area contributed by atoms with Crippen molar-refractivity contribution in [3.8, 4) is 11.4 Å². The number of hydrogen-bond acceptors (Lipinski definition) is 5. The SMILES string of the molecule is Cc1nn(Cc2ccccc2)c(Cl)c1C(=O)NC(C)c1nc(-c2ccc(F)cc2)no1. The lowest BCUT2D eigenvalue weighted by atomic mass is 10.2. The van der Waals surface area contributed by atoms with Gasteiger partial charge in [-0.3, -0.25) is 4.79 Å². The molecule has 0 fully saturated rings. The fraction of sp³-hybridized carbons (Fsp3) is 0.182. The molecule has 0 bridgehead atoms. The van der Waals surface area contributed by atoms with E-state index in [4.69, 9.17) is 16.1 Å². The Morgan fingerprint density at radius 2 is 1.90 bits per heavy atom. The number of aromatic nitrogens is 4. The van der Waals surface area contributed by atoms with Gasteiger partial charge in [-0.1, -0.05) is 47.1 Å². The van der Waals surface area contributed by atoms with Crippen LogP contribution in [0.2, 0.25) is 5.15 Å². The molecule has 1 unspecified atom stereocenters. The second kappa shape index (κ2) is 8.69. The molecule has 1 N–H and O–H groups in total. The van der Waals surface area contributed by atoms with Gasteiger partial charge in [0, 0.05) is 5.56 Å². The molecule has 0 spiro atoms. The zero-order valence-corrected chi connectivity index (χ0v) is 17.6. The Kier molecular flexibility index (Phi) is 5.81. The van der Waals surface area contributed by atoms with Gasteiger partial charge in [-0.15, -0.1) is 0 Å². The van der Waals surface area contributed by atoms with Crippen molar-refractivity contribution in [3.63, 3.8) is 0 Å². The van der Waals surface area contributed by atoms with Crippen LogP contribution in [0.25, 0.3) is 11.4 Å². The number of carbonyl (C=O) groups excluding carboxylic acids is 1. The quantitative estimate of drug-likeness (QED) is 0.475. The van der Waals surface area contributed by atoms with Crippen LogP contribution in [0.1, 0.15) is 40.5 Å². The molecule has 7 nitrogen and oxygen atoms in total. The molecule has 1 amide bonds. The third-order valence-corrected chi connectivity index (χ3v) is 5.11. The molecular weight excluding hydrogens is 421 g/mol. The lowest BCUT2D eigenvalue weighted by molar-refractivity contribution is 0.0932. The first-order chi connectivity index (χ1) is 14.9. The predicted molar refractivity (Wildman–Crippen MR) is 113 cm³/mol. The number of nitrogens with one attached hydrogen (secondary N) is 1. The number of aryl methyl sites for hydroxylation is 1. The molecule has 0 saturated heterocycles. The Morgan fingerprint density at radius 1 is 1.19 bits per heavy atom. The Morgan fingerprint density at radius 3 is 2.61 bits per heavy atom. The van der Waals surface area contributed by atoms with E-state index in [0.717, 1.165) is 5.56 Å². The Labute approximate surface area is 182 Å². The van der Waals surface area contributed by atoms with Gasteiger partial charge in [0.1, 0.15) is 17.0 Å². The van der Waals surface area contributed by atoms with Crippen molar-refractivity contribution in [1.82, 2.24) is 25.2 Å². The van der Waals surface area contributed by atoms with Crippen molar-refractivity contribution in [3.05, 3.63) is 88.3 Å². The monoisotopic (exact) mass is 439 g/mol. The number of carbonyl (C=O) groups is 1. The summed E-state index contributed by atoms with van der Waals surface area (Å²) in [5, 5.41) is 11.4. The highest BCUT2D eigenvalue weighted by atomic mass is 35.5. The van der Waals surface area contributed by atoms with Gasteiger partial charge < -0.3 is 9.84 Å². The number of benzene rings is 2. The largest absolute Gasteiger partial charge is 0.340 e. The summed E-state index contributed by atoms with van der Waals surface area (Å²) < 4.78 is 20.0. The molecule has 31 heavy (non-hydrogen) atoms. The zero-order chi connectivity index (χ0) is 22.0. The lowest BCUT2D eigenvalue weighted by Gasteiger charge is -2.09. The number of hydrogen-bond donors (Lipinski definition) is 1. The van der Waals surface area contributed by atoms with Crippen molar-refractivity contribution in [2.24, 2.45) is 0 Å². The topological polar surface area (TPSA) is 85.8 Å². The number of nitrogens with zero attached hydrogens (tertiary/aromatic N) is 4. The van der Waals surface area contributed by atoms with Gasteiger partial charge in [0.05, 0.1) is 17.8 Å². The predicted octanol–water partition coefficient (Wildman–Crippen LogP) is 4.57. The van der Waals surface area contributed by atoms with Gasteiger partial charge in [0.2, 0.25) is 11.7 Å². The first-order valence-electron chi connectivity index (χ1n) is 9.59. The van der Waals surface area contributed by atoms with E-state index < -0.39 is 11.9 Å². The maximum atomic E-state index is 13.1. The lowest BCUT2D eigenvalue weighted by Crippen LogP contribution is -2.27. The first kappa shape index (κ1) is 20.7. The van der Waals surface area contributed by atoms with Gasteiger partial charge in [-0.2, -0.15) is 10.1 Å². The Bertz CT molecular complexity index is 1200. The summed E-state index contributed by atoms with van der Waals surface area (Å²) in [4.78, 5) is 17.2. The maximum Gasteiger partial charge on any atom is 0.256 e. The molecule has 2 aromatic heterocycles. The summed E-state index contributed by atoms with van der Waals surface area (Å²) in [7, 11) is 0. The van der Waals surface area contributed by atoms with Gasteiger partial charge in [0.15, 0.2) is 0 Å². The van der Waals surface area contributed by atoms with E-state index in [1.54, 1.807) is 30.7 Å². The van der Waals surface area contributed by atoms with Gasteiger partial charge in [-0.25, -0.2) is 9.07 Å². The molecular formula is C22H19ClFN5O2. The Hall–Kier alpha value is -3.52. The molecule has 4 rings (SSSR count). The van der Waals surface area contributed by atoms with E-state index in [-0.39, 0.29) is 16.9 Å². The number of halogens is 2. The molecule has 2 aromatic carbocycles. The highest BCUT2D eigenvalue weighted by molar-refractivity contribution is 6.33. The van der Waals surface area contributed by atoms with Crippen LogP contribution in [0.5, 0.6) is 0 Å². The van der Waals surface area contributed by atoms with Crippen LogP contribution < -0.4 is 5.32 Å². The average Bonchev–Trinajstić information content (AvgIpc) is 3.34. The molecule has 4 aromatic rings. The summed E-state index contributed by atoms with van der Waals surface area (Å²) >= 11 is 6.46. The fourth-order valence-corrected chi connectivity index (χ4v) is 3.45. The second-order valence-corrected chi connectivity index (χ2v) is 7.41. The molecule has 1 atom stereocenters. The summed E-state index contributed by atoms with van der Waals surface area (Å²) in [5.74, 6) is -0.219. The highest BCUT2D eigenvalue weighted by Crippen LogP contribution is 2.23. The highest BCUT2D eigenvalue weighted by Gasteiger charge is 2.24. The first-order valence-corrected chi connectivity index (χ1v) is 9.97. The van der Waals surface area contributed by atoms with Gasteiger partial charge in [0.25, 0.3) is 5.91 Å². The van der Waals surface area contributed by atoms with Crippen molar-refractivity contribution in [2.45, 2.75) is 26.4 Å². The molecule has 9 heteroatoms. The summed E-state index contributed by atoms with van der Waals surface area (Å²) in [6.45, 7) is 3.90. The fourth-order valence-electron chi connectivity index (χ4n) is 3.13. The van der Waals surface area contributed by atoms with E-state index in [2.05, 4.69) is 20.6 Å². The van der Waals surface area contributed by atoms with E-state index in [9.17, 15) is 9.18 Å². The molecule has 0 radical (unpaired) electrons. The van der Waals surface area contributed by atoms with Crippen molar-refractivity contribution in [1.29, 1.82) is 0 Å². The minimum atomic E-state index is -0.567. The van der Waals surface area contributed by atoms with Crippen LogP contribution in [0.3, 0.4) is 0 Å².